The number of hydrogen-bond donors (Lipinski definition) is 1. The number of carbonyl (C=O) groups excluding carboxylic acids is 1. The second kappa shape index (κ2) is 6.56. The smallest absolute Gasteiger partial charge is 0.253 e. The zero-order valence-electron chi connectivity index (χ0n) is 10.4. The number of nitrogens with one attached hydrogen (secondary N) is 1. The molecule has 3 nitrogen and oxygen atoms in total. The van der Waals surface area contributed by atoms with Gasteiger partial charge in [-0.15, -0.1) is 0 Å². The molecular formula is C15H10BrClN2O. The van der Waals surface area contributed by atoms with Crippen molar-refractivity contribution in [1.29, 1.82) is 5.26 Å². The van der Waals surface area contributed by atoms with Crippen molar-refractivity contribution in [2.75, 3.05) is 0 Å². The van der Waals surface area contributed by atoms with E-state index in [2.05, 4.69) is 27.3 Å². The van der Waals surface area contributed by atoms with Crippen molar-refractivity contribution in [3.63, 3.8) is 0 Å². The first kappa shape index (κ1) is 14.6. The van der Waals surface area contributed by atoms with E-state index < -0.39 is 0 Å². The Balaban J connectivity index is 2.07. The SMILES string of the molecule is N#Cc1cccc(CNC(=O)c2ccc(Br)cc2Cl)c1. The fourth-order valence-electron chi connectivity index (χ4n) is 1.70. The summed E-state index contributed by atoms with van der Waals surface area (Å²) in [5.41, 5.74) is 1.86. The van der Waals surface area contributed by atoms with Gasteiger partial charge in [0.1, 0.15) is 0 Å². The molecule has 0 atom stereocenters. The molecule has 0 saturated heterocycles. The molecule has 0 spiro atoms. The van der Waals surface area contributed by atoms with E-state index in [4.69, 9.17) is 16.9 Å². The molecule has 0 bridgehead atoms. The first-order valence-electron chi connectivity index (χ1n) is 5.82. The molecule has 2 aromatic rings. The Morgan fingerprint density at radius 3 is 2.80 bits per heavy atom. The molecule has 0 saturated carbocycles. The molecule has 0 radical (unpaired) electrons. The molecule has 0 heterocycles. The summed E-state index contributed by atoms with van der Waals surface area (Å²) in [4.78, 5) is 12.0. The van der Waals surface area contributed by atoms with Crippen LogP contribution in [0.4, 0.5) is 0 Å². The molecule has 0 aromatic heterocycles. The normalized spacial score (nSPS) is 9.85. The van der Waals surface area contributed by atoms with Crippen LogP contribution in [-0.4, -0.2) is 5.91 Å². The quantitative estimate of drug-likeness (QED) is 0.913. The molecule has 0 aliphatic carbocycles. The number of benzene rings is 2. The van der Waals surface area contributed by atoms with Crippen molar-refractivity contribution in [3.05, 3.63) is 68.7 Å². The third kappa shape index (κ3) is 3.60. The molecule has 2 aromatic carbocycles. The van der Waals surface area contributed by atoms with Gasteiger partial charge in [-0.1, -0.05) is 39.7 Å². The van der Waals surface area contributed by atoms with E-state index in [0.29, 0.717) is 22.7 Å². The third-order valence-electron chi connectivity index (χ3n) is 2.68. The molecule has 100 valence electrons. The van der Waals surface area contributed by atoms with Crippen LogP contribution in [-0.2, 0) is 6.54 Å². The van der Waals surface area contributed by atoms with Crippen molar-refractivity contribution in [2.45, 2.75) is 6.54 Å². The summed E-state index contributed by atoms with van der Waals surface area (Å²) < 4.78 is 0.820. The van der Waals surface area contributed by atoms with Gasteiger partial charge in [-0.05, 0) is 35.9 Å². The Kier molecular flexibility index (Phi) is 4.78. The van der Waals surface area contributed by atoms with Gasteiger partial charge in [0.15, 0.2) is 0 Å². The van der Waals surface area contributed by atoms with Crippen molar-refractivity contribution in [1.82, 2.24) is 5.32 Å². The van der Waals surface area contributed by atoms with E-state index in [1.54, 1.807) is 36.4 Å². The first-order valence-corrected chi connectivity index (χ1v) is 6.99. The maximum atomic E-state index is 12.0. The Bertz CT molecular complexity index is 695. The number of amides is 1. The van der Waals surface area contributed by atoms with Crippen LogP contribution >= 0.6 is 27.5 Å². The van der Waals surface area contributed by atoms with Gasteiger partial charge < -0.3 is 5.32 Å². The van der Waals surface area contributed by atoms with Gasteiger partial charge >= 0.3 is 0 Å². The van der Waals surface area contributed by atoms with Crippen LogP contribution in [0, 0.1) is 11.3 Å². The lowest BCUT2D eigenvalue weighted by atomic mass is 10.1. The molecule has 0 unspecified atom stereocenters. The highest BCUT2D eigenvalue weighted by atomic mass is 79.9. The highest BCUT2D eigenvalue weighted by Crippen LogP contribution is 2.21. The highest BCUT2D eigenvalue weighted by Gasteiger charge is 2.10. The highest BCUT2D eigenvalue weighted by molar-refractivity contribution is 9.10. The minimum absolute atomic E-state index is 0.245. The van der Waals surface area contributed by atoms with Gasteiger partial charge in [0, 0.05) is 11.0 Å². The lowest BCUT2D eigenvalue weighted by Crippen LogP contribution is -2.23. The van der Waals surface area contributed by atoms with Crippen LogP contribution in [0.1, 0.15) is 21.5 Å². The molecule has 2 rings (SSSR count). The van der Waals surface area contributed by atoms with Gasteiger partial charge in [-0.3, -0.25) is 4.79 Å². The van der Waals surface area contributed by atoms with Crippen molar-refractivity contribution in [2.24, 2.45) is 0 Å². The predicted molar refractivity (Wildman–Crippen MR) is 81.5 cm³/mol. The van der Waals surface area contributed by atoms with Gasteiger partial charge in [0.2, 0.25) is 0 Å². The van der Waals surface area contributed by atoms with Crippen LogP contribution in [0.3, 0.4) is 0 Å². The standard InChI is InChI=1S/C15H10BrClN2O/c16-12-4-5-13(14(17)7-12)15(20)19-9-11-3-1-2-10(6-11)8-18/h1-7H,9H2,(H,19,20). The minimum Gasteiger partial charge on any atom is -0.348 e. The average Bonchev–Trinajstić information content (AvgIpc) is 2.45. The second-order valence-corrected chi connectivity index (χ2v) is 5.44. The van der Waals surface area contributed by atoms with E-state index in [1.807, 2.05) is 6.07 Å². The fourth-order valence-corrected chi connectivity index (χ4v) is 2.46. The summed E-state index contributed by atoms with van der Waals surface area (Å²) in [6.45, 7) is 0.348. The molecule has 0 fully saturated rings. The Morgan fingerprint density at radius 1 is 1.30 bits per heavy atom. The number of nitriles is 1. The van der Waals surface area contributed by atoms with E-state index in [0.717, 1.165) is 10.0 Å². The number of rotatable bonds is 3. The van der Waals surface area contributed by atoms with E-state index in [1.165, 1.54) is 0 Å². The van der Waals surface area contributed by atoms with Crippen molar-refractivity contribution >= 4 is 33.4 Å². The van der Waals surface area contributed by atoms with Crippen LogP contribution < -0.4 is 5.32 Å². The Hall–Kier alpha value is -1.83. The molecule has 0 aliphatic heterocycles. The van der Waals surface area contributed by atoms with Crippen molar-refractivity contribution in [3.8, 4) is 6.07 Å². The van der Waals surface area contributed by atoms with Gasteiger partial charge in [-0.2, -0.15) is 5.26 Å². The Morgan fingerprint density at radius 2 is 2.10 bits per heavy atom. The number of halogens is 2. The number of carbonyl (C=O) groups is 1. The molecule has 5 heteroatoms. The molecule has 0 aliphatic rings. The fraction of sp³-hybridized carbons (Fsp3) is 0.0667. The summed E-state index contributed by atoms with van der Waals surface area (Å²) in [6, 6.07) is 14.3. The van der Waals surface area contributed by atoms with Crippen LogP contribution in [0.15, 0.2) is 46.9 Å². The maximum absolute atomic E-state index is 12.0. The number of hydrogen-bond acceptors (Lipinski definition) is 2. The van der Waals surface area contributed by atoms with Crippen LogP contribution in [0.25, 0.3) is 0 Å². The molecule has 1 amide bonds. The second-order valence-electron chi connectivity index (χ2n) is 4.12. The predicted octanol–water partition coefficient (Wildman–Crippen LogP) is 3.90. The molecular weight excluding hydrogens is 340 g/mol. The largest absolute Gasteiger partial charge is 0.348 e. The maximum Gasteiger partial charge on any atom is 0.253 e. The Labute approximate surface area is 130 Å². The zero-order chi connectivity index (χ0) is 14.5. The lowest BCUT2D eigenvalue weighted by Gasteiger charge is -2.07. The third-order valence-corrected chi connectivity index (χ3v) is 3.49. The summed E-state index contributed by atoms with van der Waals surface area (Å²) >= 11 is 9.31. The molecule has 1 N–H and O–H groups in total. The van der Waals surface area contributed by atoms with Crippen LogP contribution in [0.2, 0.25) is 5.02 Å². The summed E-state index contributed by atoms with van der Waals surface area (Å²) in [6.07, 6.45) is 0. The van der Waals surface area contributed by atoms with Gasteiger partial charge in [0.25, 0.3) is 5.91 Å². The topological polar surface area (TPSA) is 52.9 Å². The molecule has 20 heavy (non-hydrogen) atoms. The average molecular weight is 350 g/mol. The summed E-state index contributed by atoms with van der Waals surface area (Å²) in [5.74, 6) is -0.245. The van der Waals surface area contributed by atoms with Crippen LogP contribution in [0.5, 0.6) is 0 Å². The zero-order valence-corrected chi connectivity index (χ0v) is 12.7. The van der Waals surface area contributed by atoms with Gasteiger partial charge in [-0.25, -0.2) is 0 Å². The number of nitrogens with zero attached hydrogens (tertiary/aromatic N) is 1. The minimum atomic E-state index is -0.245. The van der Waals surface area contributed by atoms with E-state index in [9.17, 15) is 4.79 Å². The van der Waals surface area contributed by atoms with Gasteiger partial charge in [0.05, 0.1) is 22.2 Å². The monoisotopic (exact) mass is 348 g/mol. The summed E-state index contributed by atoms with van der Waals surface area (Å²) in [7, 11) is 0. The first-order chi connectivity index (χ1) is 9.60. The summed E-state index contributed by atoms with van der Waals surface area (Å²) in [5, 5.41) is 12.0. The van der Waals surface area contributed by atoms with E-state index >= 15 is 0 Å². The van der Waals surface area contributed by atoms with E-state index in [-0.39, 0.29) is 5.91 Å². The van der Waals surface area contributed by atoms with Crippen molar-refractivity contribution < 1.29 is 4.79 Å². The lowest BCUT2D eigenvalue weighted by molar-refractivity contribution is 0.0951.